The summed E-state index contributed by atoms with van der Waals surface area (Å²) in [7, 11) is 0. The lowest BCUT2D eigenvalue weighted by atomic mass is 10.1. The van der Waals surface area contributed by atoms with E-state index in [0.717, 1.165) is 6.07 Å². The highest BCUT2D eigenvalue weighted by atomic mass is 35.5. The lowest BCUT2D eigenvalue weighted by Crippen LogP contribution is -2.20. The fraction of sp³-hybridized carbons (Fsp3) is 0.455. The molecule has 0 fully saturated rings. The quantitative estimate of drug-likeness (QED) is 0.664. The van der Waals surface area contributed by atoms with Gasteiger partial charge in [0.05, 0.1) is 18.9 Å². The SMILES string of the molecule is CCOC(=O)Cc1cc(C(F)F)c(CCl)[nH]c1=O. The molecule has 4 nitrogen and oxygen atoms in total. The number of H-pyrrole nitrogens is 1. The molecule has 0 spiro atoms. The zero-order valence-corrected chi connectivity index (χ0v) is 10.4. The van der Waals surface area contributed by atoms with Crippen molar-refractivity contribution in [2.45, 2.75) is 25.7 Å². The molecule has 0 bridgehead atoms. The topological polar surface area (TPSA) is 59.2 Å². The second kappa shape index (κ2) is 6.49. The summed E-state index contributed by atoms with van der Waals surface area (Å²) < 4.78 is 30.1. The van der Waals surface area contributed by atoms with Gasteiger partial charge in [-0.2, -0.15) is 0 Å². The molecule has 0 unspecified atom stereocenters. The van der Waals surface area contributed by atoms with Crippen LogP contribution >= 0.6 is 11.6 Å². The van der Waals surface area contributed by atoms with Crippen LogP contribution < -0.4 is 5.56 Å². The maximum absolute atomic E-state index is 12.7. The highest BCUT2D eigenvalue weighted by Crippen LogP contribution is 2.22. The minimum atomic E-state index is -2.77. The molecule has 0 radical (unpaired) electrons. The monoisotopic (exact) mass is 279 g/mol. The van der Waals surface area contributed by atoms with Gasteiger partial charge in [0.2, 0.25) is 0 Å². The zero-order valence-electron chi connectivity index (χ0n) is 9.63. The van der Waals surface area contributed by atoms with Gasteiger partial charge in [0.15, 0.2) is 0 Å². The molecule has 1 N–H and O–H groups in total. The first-order valence-electron chi connectivity index (χ1n) is 5.24. The number of aromatic amines is 1. The Kier molecular flexibility index (Phi) is 5.27. The van der Waals surface area contributed by atoms with E-state index in [1.807, 2.05) is 0 Å². The number of pyridine rings is 1. The molecule has 1 aromatic rings. The Bertz CT molecular complexity index is 488. The molecule has 0 aliphatic heterocycles. The van der Waals surface area contributed by atoms with Crippen molar-refractivity contribution < 1.29 is 18.3 Å². The standard InChI is InChI=1S/C11H12ClF2NO3/c1-2-18-9(16)4-6-3-7(10(13)14)8(5-12)15-11(6)17/h3,10H,2,4-5H2,1H3,(H,15,17). The molecule has 1 aromatic heterocycles. The van der Waals surface area contributed by atoms with Crippen LogP contribution in [0.4, 0.5) is 8.78 Å². The minimum Gasteiger partial charge on any atom is -0.466 e. The molecule has 0 aromatic carbocycles. The summed E-state index contributed by atoms with van der Waals surface area (Å²) >= 11 is 5.46. The summed E-state index contributed by atoms with van der Waals surface area (Å²) in [6, 6.07) is 0.998. The number of alkyl halides is 3. The number of carbonyl (C=O) groups is 1. The molecule has 7 heteroatoms. The van der Waals surface area contributed by atoms with Crippen LogP contribution in [0.1, 0.15) is 30.2 Å². The van der Waals surface area contributed by atoms with Gasteiger partial charge in [-0.15, -0.1) is 11.6 Å². The molecule has 0 saturated heterocycles. The van der Waals surface area contributed by atoms with Crippen LogP contribution in [0.5, 0.6) is 0 Å². The fourth-order valence-electron chi connectivity index (χ4n) is 1.43. The highest BCUT2D eigenvalue weighted by molar-refractivity contribution is 6.17. The molecule has 0 amide bonds. The summed E-state index contributed by atoms with van der Waals surface area (Å²) in [6.45, 7) is 1.78. The molecule has 1 heterocycles. The number of esters is 1. The predicted octanol–water partition coefficient (Wildman–Crippen LogP) is 2.16. The lowest BCUT2D eigenvalue weighted by Gasteiger charge is -2.08. The van der Waals surface area contributed by atoms with Crippen molar-refractivity contribution in [2.75, 3.05) is 6.61 Å². The fourth-order valence-corrected chi connectivity index (χ4v) is 1.66. The summed E-state index contributed by atoms with van der Waals surface area (Å²) in [5.41, 5.74) is -1.08. The summed E-state index contributed by atoms with van der Waals surface area (Å²) in [4.78, 5) is 25.0. The van der Waals surface area contributed by atoms with Gasteiger partial charge >= 0.3 is 5.97 Å². The van der Waals surface area contributed by atoms with E-state index in [2.05, 4.69) is 9.72 Å². The first-order chi connectivity index (χ1) is 8.49. The summed E-state index contributed by atoms with van der Waals surface area (Å²) in [5.74, 6) is -0.865. The molecular weight excluding hydrogens is 268 g/mol. The second-order valence-corrected chi connectivity index (χ2v) is 3.74. The van der Waals surface area contributed by atoms with E-state index in [0.29, 0.717) is 0 Å². The first-order valence-corrected chi connectivity index (χ1v) is 5.77. The van der Waals surface area contributed by atoms with Gasteiger partial charge in [-0.25, -0.2) is 8.78 Å². The third-order valence-corrected chi connectivity index (χ3v) is 2.51. The normalized spacial score (nSPS) is 10.7. The Morgan fingerprint density at radius 1 is 1.56 bits per heavy atom. The molecule has 1 rings (SSSR count). The van der Waals surface area contributed by atoms with Gasteiger partial charge in [0.25, 0.3) is 12.0 Å². The van der Waals surface area contributed by atoms with Gasteiger partial charge in [-0.1, -0.05) is 0 Å². The van der Waals surface area contributed by atoms with Gasteiger partial charge in [0, 0.05) is 16.8 Å². The molecular formula is C11H12ClF2NO3. The van der Waals surface area contributed by atoms with Crippen LogP contribution in [0.25, 0.3) is 0 Å². The van der Waals surface area contributed by atoms with Gasteiger partial charge in [-0.05, 0) is 13.0 Å². The number of hydrogen-bond donors (Lipinski definition) is 1. The summed E-state index contributed by atoms with van der Waals surface area (Å²) in [6.07, 6.45) is -3.11. The summed E-state index contributed by atoms with van der Waals surface area (Å²) in [5, 5.41) is 0. The Balaban J connectivity index is 3.10. The van der Waals surface area contributed by atoms with Crippen LogP contribution in [0.3, 0.4) is 0 Å². The predicted molar refractivity (Wildman–Crippen MR) is 61.9 cm³/mol. The van der Waals surface area contributed by atoms with Crippen molar-refractivity contribution in [2.24, 2.45) is 0 Å². The Morgan fingerprint density at radius 3 is 2.72 bits per heavy atom. The number of nitrogens with one attached hydrogen (secondary N) is 1. The molecule has 0 saturated carbocycles. The van der Waals surface area contributed by atoms with E-state index in [-0.39, 0.29) is 35.7 Å². The Morgan fingerprint density at radius 2 is 2.22 bits per heavy atom. The Hall–Kier alpha value is -1.43. The lowest BCUT2D eigenvalue weighted by molar-refractivity contribution is -0.142. The van der Waals surface area contributed by atoms with Gasteiger partial charge in [-0.3, -0.25) is 9.59 Å². The molecule has 0 aliphatic carbocycles. The van der Waals surface area contributed by atoms with E-state index in [1.165, 1.54) is 0 Å². The highest BCUT2D eigenvalue weighted by Gasteiger charge is 2.17. The van der Waals surface area contributed by atoms with Gasteiger partial charge < -0.3 is 9.72 Å². The molecule has 0 atom stereocenters. The third kappa shape index (κ3) is 3.53. The van der Waals surface area contributed by atoms with Crippen LogP contribution in [-0.4, -0.2) is 17.6 Å². The van der Waals surface area contributed by atoms with Crippen molar-refractivity contribution in [3.8, 4) is 0 Å². The smallest absolute Gasteiger partial charge is 0.310 e. The minimum absolute atomic E-state index is 0.0377. The van der Waals surface area contributed by atoms with Crippen LogP contribution in [0.2, 0.25) is 0 Å². The average molecular weight is 280 g/mol. The van der Waals surface area contributed by atoms with Crippen molar-refractivity contribution in [1.82, 2.24) is 4.98 Å². The maximum Gasteiger partial charge on any atom is 0.310 e. The van der Waals surface area contributed by atoms with Crippen LogP contribution in [0, 0.1) is 0 Å². The van der Waals surface area contributed by atoms with E-state index >= 15 is 0 Å². The number of ether oxygens (including phenoxy) is 1. The maximum atomic E-state index is 12.7. The number of rotatable bonds is 5. The van der Waals surface area contributed by atoms with Crippen molar-refractivity contribution in [1.29, 1.82) is 0 Å². The van der Waals surface area contributed by atoms with Crippen molar-refractivity contribution in [3.63, 3.8) is 0 Å². The Labute approximate surface area is 107 Å². The van der Waals surface area contributed by atoms with E-state index < -0.39 is 18.0 Å². The number of carbonyl (C=O) groups excluding carboxylic acids is 1. The third-order valence-electron chi connectivity index (χ3n) is 2.24. The van der Waals surface area contributed by atoms with E-state index in [1.54, 1.807) is 6.92 Å². The number of aromatic nitrogens is 1. The molecule has 100 valence electrons. The average Bonchev–Trinajstić information content (AvgIpc) is 2.31. The molecule has 0 aliphatic rings. The van der Waals surface area contributed by atoms with Crippen molar-refractivity contribution >= 4 is 17.6 Å². The van der Waals surface area contributed by atoms with Crippen LogP contribution in [-0.2, 0) is 21.8 Å². The zero-order chi connectivity index (χ0) is 13.7. The second-order valence-electron chi connectivity index (χ2n) is 3.47. The van der Waals surface area contributed by atoms with E-state index in [4.69, 9.17) is 11.6 Å². The van der Waals surface area contributed by atoms with Crippen molar-refractivity contribution in [3.05, 3.63) is 33.2 Å². The molecule has 18 heavy (non-hydrogen) atoms. The van der Waals surface area contributed by atoms with E-state index in [9.17, 15) is 18.4 Å². The van der Waals surface area contributed by atoms with Gasteiger partial charge in [0.1, 0.15) is 0 Å². The first kappa shape index (κ1) is 14.6. The number of hydrogen-bond acceptors (Lipinski definition) is 3. The number of halogens is 3. The van der Waals surface area contributed by atoms with Crippen LogP contribution in [0.15, 0.2) is 10.9 Å². The largest absolute Gasteiger partial charge is 0.466 e.